The maximum Gasteiger partial charge on any atom is 0.272 e. The number of allylic oxidation sites excluding steroid dienone is 1. The highest BCUT2D eigenvalue weighted by Gasteiger charge is 2.05. The van der Waals surface area contributed by atoms with Crippen LogP contribution >= 0.6 is 0 Å². The second-order valence-electron chi connectivity index (χ2n) is 3.40. The SMILES string of the molecule is C=CCc1nc2ccccc2n(C)c1=O. The van der Waals surface area contributed by atoms with E-state index in [2.05, 4.69) is 11.6 Å². The fourth-order valence-electron chi connectivity index (χ4n) is 1.61. The molecule has 0 atom stereocenters. The average molecular weight is 200 g/mol. The summed E-state index contributed by atoms with van der Waals surface area (Å²) in [5.41, 5.74) is 2.20. The lowest BCUT2D eigenvalue weighted by atomic mass is 10.2. The molecular weight excluding hydrogens is 188 g/mol. The molecule has 0 radical (unpaired) electrons. The lowest BCUT2D eigenvalue weighted by Crippen LogP contribution is -2.22. The molecule has 0 amide bonds. The number of aryl methyl sites for hydroxylation is 1. The van der Waals surface area contributed by atoms with Gasteiger partial charge in [0.1, 0.15) is 5.69 Å². The molecule has 76 valence electrons. The average Bonchev–Trinajstić information content (AvgIpc) is 2.26. The van der Waals surface area contributed by atoms with Crippen molar-refractivity contribution in [1.82, 2.24) is 9.55 Å². The Hall–Kier alpha value is -1.90. The molecule has 1 aromatic heterocycles. The molecule has 0 unspecified atom stereocenters. The van der Waals surface area contributed by atoms with E-state index < -0.39 is 0 Å². The molecule has 0 aliphatic carbocycles. The van der Waals surface area contributed by atoms with Crippen molar-refractivity contribution in [3.63, 3.8) is 0 Å². The minimum Gasteiger partial charge on any atom is -0.308 e. The number of para-hydroxylation sites is 2. The Labute approximate surface area is 87.7 Å². The first-order valence-corrected chi connectivity index (χ1v) is 4.79. The van der Waals surface area contributed by atoms with Crippen molar-refractivity contribution >= 4 is 11.0 Å². The van der Waals surface area contributed by atoms with Gasteiger partial charge in [-0.05, 0) is 12.1 Å². The molecule has 0 fully saturated rings. The monoisotopic (exact) mass is 200 g/mol. The van der Waals surface area contributed by atoms with Crippen molar-refractivity contribution in [1.29, 1.82) is 0 Å². The van der Waals surface area contributed by atoms with E-state index in [1.54, 1.807) is 17.7 Å². The van der Waals surface area contributed by atoms with Gasteiger partial charge in [0.2, 0.25) is 0 Å². The van der Waals surface area contributed by atoms with Crippen LogP contribution in [-0.2, 0) is 13.5 Å². The van der Waals surface area contributed by atoms with E-state index in [1.165, 1.54) is 0 Å². The van der Waals surface area contributed by atoms with E-state index in [4.69, 9.17) is 0 Å². The molecule has 2 aromatic rings. The molecule has 0 saturated carbocycles. The summed E-state index contributed by atoms with van der Waals surface area (Å²) in [7, 11) is 1.76. The van der Waals surface area contributed by atoms with Gasteiger partial charge in [-0.2, -0.15) is 0 Å². The van der Waals surface area contributed by atoms with Gasteiger partial charge in [-0.3, -0.25) is 4.79 Å². The van der Waals surface area contributed by atoms with Crippen LogP contribution < -0.4 is 5.56 Å². The van der Waals surface area contributed by atoms with Gasteiger partial charge in [0.25, 0.3) is 5.56 Å². The van der Waals surface area contributed by atoms with Crippen molar-refractivity contribution in [3.8, 4) is 0 Å². The zero-order valence-corrected chi connectivity index (χ0v) is 8.60. The standard InChI is InChI=1S/C12H12N2O/c1-3-6-10-12(15)14(2)11-8-5-4-7-9(11)13-10/h3-5,7-8H,1,6H2,2H3. The second-order valence-corrected chi connectivity index (χ2v) is 3.40. The van der Waals surface area contributed by atoms with E-state index in [0.717, 1.165) is 11.0 Å². The Morgan fingerprint density at radius 2 is 2.20 bits per heavy atom. The maximum absolute atomic E-state index is 11.8. The van der Waals surface area contributed by atoms with Crippen LogP contribution in [0.25, 0.3) is 11.0 Å². The lowest BCUT2D eigenvalue weighted by molar-refractivity contribution is 0.860. The van der Waals surface area contributed by atoms with Gasteiger partial charge in [0.15, 0.2) is 0 Å². The molecule has 0 N–H and O–H groups in total. The summed E-state index contributed by atoms with van der Waals surface area (Å²) in [5, 5.41) is 0. The van der Waals surface area contributed by atoms with Crippen molar-refractivity contribution in [3.05, 3.63) is 53.0 Å². The smallest absolute Gasteiger partial charge is 0.272 e. The number of fused-ring (bicyclic) bond motifs is 1. The number of hydrogen-bond acceptors (Lipinski definition) is 2. The van der Waals surface area contributed by atoms with Crippen LogP contribution in [0.4, 0.5) is 0 Å². The fourth-order valence-corrected chi connectivity index (χ4v) is 1.61. The highest BCUT2D eigenvalue weighted by atomic mass is 16.1. The normalized spacial score (nSPS) is 10.5. The summed E-state index contributed by atoms with van der Waals surface area (Å²) in [6.45, 7) is 3.62. The highest BCUT2D eigenvalue weighted by molar-refractivity contribution is 5.74. The highest BCUT2D eigenvalue weighted by Crippen LogP contribution is 2.08. The summed E-state index contributed by atoms with van der Waals surface area (Å²) in [6, 6.07) is 7.61. The van der Waals surface area contributed by atoms with Crippen molar-refractivity contribution < 1.29 is 0 Å². The van der Waals surface area contributed by atoms with Gasteiger partial charge in [-0.15, -0.1) is 6.58 Å². The molecule has 0 spiro atoms. The Morgan fingerprint density at radius 3 is 2.93 bits per heavy atom. The van der Waals surface area contributed by atoms with Gasteiger partial charge >= 0.3 is 0 Å². The maximum atomic E-state index is 11.8. The van der Waals surface area contributed by atoms with Crippen LogP contribution in [0, 0.1) is 0 Å². The predicted molar refractivity (Wildman–Crippen MR) is 60.9 cm³/mol. The number of benzene rings is 1. The minimum atomic E-state index is -0.0476. The van der Waals surface area contributed by atoms with Crippen LogP contribution in [0.5, 0.6) is 0 Å². The molecule has 2 rings (SSSR count). The number of rotatable bonds is 2. The Bertz CT molecular complexity index is 569. The molecule has 0 bridgehead atoms. The Balaban J connectivity index is 2.82. The van der Waals surface area contributed by atoms with Crippen molar-refractivity contribution in [2.75, 3.05) is 0 Å². The van der Waals surface area contributed by atoms with Crippen LogP contribution in [0.1, 0.15) is 5.69 Å². The van der Waals surface area contributed by atoms with Gasteiger partial charge < -0.3 is 4.57 Å². The summed E-state index contributed by atoms with van der Waals surface area (Å²) < 4.78 is 1.63. The minimum absolute atomic E-state index is 0.0476. The summed E-state index contributed by atoms with van der Waals surface area (Å²) in [4.78, 5) is 16.1. The number of aromatic nitrogens is 2. The van der Waals surface area contributed by atoms with Crippen LogP contribution in [0.15, 0.2) is 41.7 Å². The van der Waals surface area contributed by atoms with E-state index in [-0.39, 0.29) is 5.56 Å². The fraction of sp³-hybridized carbons (Fsp3) is 0.167. The molecule has 3 nitrogen and oxygen atoms in total. The lowest BCUT2D eigenvalue weighted by Gasteiger charge is -2.05. The van der Waals surface area contributed by atoms with Crippen molar-refractivity contribution in [2.45, 2.75) is 6.42 Å². The first-order valence-electron chi connectivity index (χ1n) is 4.79. The molecule has 1 heterocycles. The third-order valence-corrected chi connectivity index (χ3v) is 2.39. The summed E-state index contributed by atoms with van der Waals surface area (Å²) in [6.07, 6.45) is 2.20. The molecule has 3 heteroatoms. The number of hydrogen-bond donors (Lipinski definition) is 0. The van der Waals surface area contributed by atoms with E-state index in [9.17, 15) is 4.79 Å². The third kappa shape index (κ3) is 1.56. The first-order chi connectivity index (χ1) is 7.24. The zero-order valence-electron chi connectivity index (χ0n) is 8.60. The van der Waals surface area contributed by atoms with Gasteiger partial charge in [0, 0.05) is 13.5 Å². The summed E-state index contributed by atoms with van der Waals surface area (Å²) in [5.74, 6) is 0. The molecule has 1 aromatic carbocycles. The molecule has 0 saturated heterocycles. The topological polar surface area (TPSA) is 34.9 Å². The molecule has 0 aliphatic rings. The van der Waals surface area contributed by atoms with Crippen molar-refractivity contribution in [2.24, 2.45) is 7.05 Å². The van der Waals surface area contributed by atoms with E-state index in [0.29, 0.717) is 12.1 Å². The van der Waals surface area contributed by atoms with Gasteiger partial charge in [-0.1, -0.05) is 18.2 Å². The summed E-state index contributed by atoms with van der Waals surface area (Å²) >= 11 is 0. The quantitative estimate of drug-likeness (QED) is 0.691. The van der Waals surface area contributed by atoms with Crippen LogP contribution in [-0.4, -0.2) is 9.55 Å². The van der Waals surface area contributed by atoms with Crippen LogP contribution in [0.2, 0.25) is 0 Å². The van der Waals surface area contributed by atoms with Gasteiger partial charge in [-0.25, -0.2) is 4.98 Å². The third-order valence-electron chi connectivity index (χ3n) is 2.39. The molecule has 0 aliphatic heterocycles. The Morgan fingerprint density at radius 1 is 1.47 bits per heavy atom. The second kappa shape index (κ2) is 3.69. The van der Waals surface area contributed by atoms with Gasteiger partial charge in [0.05, 0.1) is 11.0 Å². The first kappa shape index (κ1) is 9.65. The number of nitrogens with zero attached hydrogens (tertiary/aromatic N) is 2. The zero-order chi connectivity index (χ0) is 10.8. The predicted octanol–water partition coefficient (Wildman–Crippen LogP) is 1.66. The molecular formula is C12H12N2O. The Kier molecular flexibility index (Phi) is 2.37. The largest absolute Gasteiger partial charge is 0.308 e. The van der Waals surface area contributed by atoms with E-state index >= 15 is 0 Å². The van der Waals surface area contributed by atoms with E-state index in [1.807, 2.05) is 24.3 Å². The van der Waals surface area contributed by atoms with Crippen LogP contribution in [0.3, 0.4) is 0 Å². The molecule has 15 heavy (non-hydrogen) atoms.